The number of ether oxygens (including phenoxy) is 1. The second-order valence-corrected chi connectivity index (χ2v) is 7.97. The highest BCUT2D eigenvalue weighted by Gasteiger charge is 2.41. The number of para-hydroxylation sites is 1. The number of nitro benzene ring substituents is 1. The summed E-state index contributed by atoms with van der Waals surface area (Å²) in [5.41, 5.74) is 3.38. The molecule has 2 aliphatic heterocycles. The minimum absolute atomic E-state index is 0.0413. The van der Waals surface area contributed by atoms with Gasteiger partial charge in [-0.2, -0.15) is 5.10 Å². The van der Waals surface area contributed by atoms with Crippen molar-refractivity contribution in [3.05, 3.63) is 104 Å². The Hall–Kier alpha value is -3.09. The van der Waals surface area contributed by atoms with Gasteiger partial charge in [0, 0.05) is 28.6 Å². The average molecular weight is 440 g/mol. The molecule has 0 saturated heterocycles. The standard InChI is InChI=1S/C22H15Cl2N3O3/c23-15-8-5-13(6-9-15)18-12-19-16-3-1-2-4-21(16)30-22(26(19)25-18)14-7-10-17(24)20(11-14)27(28)29/h1-11,19,22H,12H2. The summed E-state index contributed by atoms with van der Waals surface area (Å²) in [4.78, 5) is 10.9. The van der Waals surface area contributed by atoms with E-state index >= 15 is 0 Å². The first-order chi connectivity index (χ1) is 14.5. The van der Waals surface area contributed by atoms with Crippen LogP contribution in [0, 0.1) is 10.1 Å². The van der Waals surface area contributed by atoms with Crippen molar-refractivity contribution in [1.82, 2.24) is 5.01 Å². The van der Waals surface area contributed by atoms with E-state index in [0.29, 0.717) is 17.0 Å². The summed E-state index contributed by atoms with van der Waals surface area (Å²) in [5, 5.41) is 18.8. The Balaban J connectivity index is 1.60. The second-order valence-electron chi connectivity index (χ2n) is 7.13. The van der Waals surface area contributed by atoms with Gasteiger partial charge in [0.25, 0.3) is 5.69 Å². The Morgan fingerprint density at radius 3 is 2.60 bits per heavy atom. The van der Waals surface area contributed by atoms with Crippen LogP contribution >= 0.6 is 23.2 Å². The summed E-state index contributed by atoms with van der Waals surface area (Å²) in [6, 6.07) is 20.0. The Morgan fingerprint density at radius 1 is 1.07 bits per heavy atom. The normalized spacial score (nSPS) is 19.5. The molecule has 5 rings (SSSR count). The number of benzene rings is 3. The van der Waals surface area contributed by atoms with Gasteiger partial charge in [-0.3, -0.25) is 10.1 Å². The molecule has 0 bridgehead atoms. The zero-order valence-corrected chi connectivity index (χ0v) is 17.0. The molecule has 3 aromatic carbocycles. The molecule has 0 saturated carbocycles. The van der Waals surface area contributed by atoms with Gasteiger partial charge in [-0.05, 0) is 29.8 Å². The molecule has 6 nitrogen and oxygen atoms in total. The van der Waals surface area contributed by atoms with Crippen molar-refractivity contribution in [2.75, 3.05) is 0 Å². The van der Waals surface area contributed by atoms with Crippen LogP contribution in [0.15, 0.2) is 71.8 Å². The molecule has 0 spiro atoms. The topological polar surface area (TPSA) is 68.0 Å². The number of rotatable bonds is 3. The average Bonchev–Trinajstić information content (AvgIpc) is 3.19. The number of nitrogens with zero attached hydrogens (tertiary/aromatic N) is 3. The first kappa shape index (κ1) is 18.9. The Morgan fingerprint density at radius 2 is 1.83 bits per heavy atom. The highest BCUT2D eigenvalue weighted by atomic mass is 35.5. The SMILES string of the molecule is O=[N+]([O-])c1cc(C2Oc3ccccc3C3CC(c4ccc(Cl)cc4)=NN32)ccc1Cl. The van der Waals surface area contributed by atoms with Gasteiger partial charge >= 0.3 is 0 Å². The third kappa shape index (κ3) is 3.18. The molecule has 0 radical (unpaired) electrons. The molecule has 0 amide bonds. The molecule has 3 aromatic rings. The van der Waals surface area contributed by atoms with Crippen LogP contribution in [-0.4, -0.2) is 15.6 Å². The minimum Gasteiger partial charge on any atom is -0.464 e. The maximum Gasteiger partial charge on any atom is 0.288 e. The number of nitro groups is 1. The van der Waals surface area contributed by atoms with E-state index in [4.69, 9.17) is 33.0 Å². The summed E-state index contributed by atoms with van der Waals surface area (Å²) in [6.45, 7) is 0. The van der Waals surface area contributed by atoms with E-state index in [-0.39, 0.29) is 16.8 Å². The van der Waals surface area contributed by atoms with Crippen LogP contribution in [0.2, 0.25) is 10.0 Å². The zero-order valence-electron chi connectivity index (χ0n) is 15.5. The number of hydrazone groups is 1. The van der Waals surface area contributed by atoms with E-state index in [2.05, 4.69) is 0 Å². The quantitative estimate of drug-likeness (QED) is 0.362. The van der Waals surface area contributed by atoms with Crippen LogP contribution in [0.3, 0.4) is 0 Å². The molecule has 30 heavy (non-hydrogen) atoms. The van der Waals surface area contributed by atoms with Crippen LogP contribution < -0.4 is 4.74 Å². The molecular formula is C22H15Cl2N3O3. The highest BCUT2D eigenvalue weighted by Crippen LogP contribution is 2.48. The smallest absolute Gasteiger partial charge is 0.288 e. The largest absolute Gasteiger partial charge is 0.464 e. The summed E-state index contributed by atoms with van der Waals surface area (Å²) in [6.07, 6.45) is 0.0828. The Bertz CT molecular complexity index is 1180. The lowest BCUT2D eigenvalue weighted by Crippen LogP contribution is -2.33. The van der Waals surface area contributed by atoms with Gasteiger partial charge in [0.05, 0.1) is 16.7 Å². The van der Waals surface area contributed by atoms with Gasteiger partial charge in [-0.1, -0.05) is 59.6 Å². The highest BCUT2D eigenvalue weighted by molar-refractivity contribution is 6.32. The van der Waals surface area contributed by atoms with E-state index < -0.39 is 11.2 Å². The van der Waals surface area contributed by atoms with Gasteiger partial charge in [0.2, 0.25) is 6.23 Å². The predicted molar refractivity (Wildman–Crippen MR) is 115 cm³/mol. The number of fused-ring (bicyclic) bond motifs is 3. The predicted octanol–water partition coefficient (Wildman–Crippen LogP) is 6.14. The van der Waals surface area contributed by atoms with Crippen molar-refractivity contribution in [1.29, 1.82) is 0 Å². The third-order valence-electron chi connectivity index (χ3n) is 5.33. The van der Waals surface area contributed by atoms with Gasteiger partial charge in [0.15, 0.2) is 0 Å². The first-order valence-corrected chi connectivity index (χ1v) is 10.1. The molecule has 2 atom stereocenters. The van der Waals surface area contributed by atoms with Crippen LogP contribution in [0.5, 0.6) is 5.75 Å². The van der Waals surface area contributed by atoms with Crippen molar-refractivity contribution in [2.24, 2.45) is 5.10 Å². The maximum absolute atomic E-state index is 11.4. The van der Waals surface area contributed by atoms with Crippen molar-refractivity contribution in [2.45, 2.75) is 18.7 Å². The number of halogens is 2. The number of hydrogen-bond donors (Lipinski definition) is 0. The van der Waals surface area contributed by atoms with Crippen LogP contribution in [0.25, 0.3) is 0 Å². The monoisotopic (exact) mass is 439 g/mol. The van der Waals surface area contributed by atoms with Crippen LogP contribution in [0.4, 0.5) is 5.69 Å². The summed E-state index contributed by atoms with van der Waals surface area (Å²) < 4.78 is 6.24. The van der Waals surface area contributed by atoms with Gasteiger partial charge in [-0.25, -0.2) is 5.01 Å². The lowest BCUT2D eigenvalue weighted by atomic mass is 9.96. The fraction of sp³-hybridized carbons (Fsp3) is 0.136. The lowest BCUT2D eigenvalue weighted by molar-refractivity contribution is -0.384. The second kappa shape index (κ2) is 7.31. The molecule has 0 fully saturated rings. The molecule has 0 aromatic heterocycles. The van der Waals surface area contributed by atoms with E-state index in [0.717, 1.165) is 22.6 Å². The van der Waals surface area contributed by atoms with Crippen molar-refractivity contribution in [3.8, 4) is 5.75 Å². The fourth-order valence-electron chi connectivity index (χ4n) is 3.89. The van der Waals surface area contributed by atoms with Gasteiger partial charge < -0.3 is 4.74 Å². The first-order valence-electron chi connectivity index (χ1n) is 9.32. The van der Waals surface area contributed by atoms with E-state index in [1.54, 1.807) is 6.07 Å². The lowest BCUT2D eigenvalue weighted by Gasteiger charge is -2.38. The summed E-state index contributed by atoms with van der Waals surface area (Å²) in [5.74, 6) is 0.744. The van der Waals surface area contributed by atoms with Gasteiger partial charge in [0.1, 0.15) is 10.8 Å². The van der Waals surface area contributed by atoms with Crippen LogP contribution in [0.1, 0.15) is 35.4 Å². The molecular weight excluding hydrogens is 425 g/mol. The summed E-state index contributed by atoms with van der Waals surface area (Å²) in [7, 11) is 0. The van der Waals surface area contributed by atoms with Crippen molar-refractivity contribution >= 4 is 34.6 Å². The molecule has 2 unspecified atom stereocenters. The third-order valence-corrected chi connectivity index (χ3v) is 5.90. The summed E-state index contributed by atoms with van der Waals surface area (Å²) >= 11 is 12.0. The Kier molecular flexibility index (Phi) is 4.60. The molecule has 2 heterocycles. The number of hydrogen-bond acceptors (Lipinski definition) is 5. The van der Waals surface area contributed by atoms with E-state index in [9.17, 15) is 10.1 Å². The molecule has 8 heteroatoms. The van der Waals surface area contributed by atoms with Crippen LogP contribution in [-0.2, 0) is 0 Å². The molecule has 150 valence electrons. The molecule has 0 aliphatic carbocycles. The Labute approximate surface area is 182 Å². The fourth-order valence-corrected chi connectivity index (χ4v) is 4.21. The van der Waals surface area contributed by atoms with Crippen molar-refractivity contribution in [3.63, 3.8) is 0 Å². The van der Waals surface area contributed by atoms with E-state index in [1.807, 2.05) is 53.5 Å². The van der Waals surface area contributed by atoms with E-state index in [1.165, 1.54) is 12.1 Å². The van der Waals surface area contributed by atoms with Gasteiger partial charge in [-0.15, -0.1) is 0 Å². The zero-order chi connectivity index (χ0) is 20.8. The minimum atomic E-state index is -0.606. The maximum atomic E-state index is 11.4. The van der Waals surface area contributed by atoms with Crippen molar-refractivity contribution < 1.29 is 9.66 Å². The molecule has 0 N–H and O–H groups in total. The molecule has 2 aliphatic rings.